The predicted octanol–water partition coefficient (Wildman–Crippen LogP) is 5.71. The van der Waals surface area contributed by atoms with Gasteiger partial charge in [0.1, 0.15) is 18.9 Å². The number of anilines is 2. The van der Waals surface area contributed by atoms with Gasteiger partial charge in [0.05, 0.1) is 31.0 Å². The van der Waals surface area contributed by atoms with Gasteiger partial charge in [-0.25, -0.2) is 38.5 Å². The minimum atomic E-state index is -4.69. The summed E-state index contributed by atoms with van der Waals surface area (Å²) in [5.41, 5.74) is 1.86. The Bertz CT molecular complexity index is 2720. The van der Waals surface area contributed by atoms with Gasteiger partial charge < -0.3 is 24.5 Å². The smallest absolute Gasteiger partial charge is 0.336 e. The van der Waals surface area contributed by atoms with Crippen molar-refractivity contribution in [3.8, 4) is 0 Å². The van der Waals surface area contributed by atoms with Crippen molar-refractivity contribution in [1.29, 1.82) is 0 Å². The van der Waals surface area contributed by atoms with Crippen LogP contribution in [0.15, 0.2) is 86.0 Å². The van der Waals surface area contributed by atoms with Crippen molar-refractivity contribution in [2.75, 3.05) is 17.2 Å². The van der Waals surface area contributed by atoms with Crippen molar-refractivity contribution in [2.45, 2.75) is 102 Å². The highest BCUT2D eigenvalue weighted by molar-refractivity contribution is 7.84. The predicted molar refractivity (Wildman–Crippen MR) is 231 cm³/mol. The Hall–Kier alpha value is -5.62. The minimum absolute atomic E-state index is 0.0944. The lowest BCUT2D eigenvalue weighted by atomic mass is 10.1. The Balaban J connectivity index is 1.01. The summed E-state index contributed by atoms with van der Waals surface area (Å²) in [7, 11) is -7.14. The second-order valence-corrected chi connectivity index (χ2v) is 22.9. The standard InChI is InChI=1S/C41H48FN11O8SSi/c1-7-26-30(42)33(40(59-26)53-23-48-32-35(44-21-46-37(32)53)51-39(55)25-16-12-9-13-17-25)60-62(56,57)49-19-28-27(61-63(5,6)41(2,3)4)18-29(58-28)52-22-47-31-34(43-20-45-36(31)52)50-38(54)24-14-10-8-11-15-24/h8-17,20-23,26-30,33,40,49H,7,18-19H2,1-6H3,(H,43,45,50,54)(H,44,46,51,55)/t26-,27+,28-,29-,30-,33-,40-/m1/s1. The average Bonchev–Trinajstić information content (AvgIpc) is 4.05. The zero-order valence-corrected chi connectivity index (χ0v) is 37.2. The lowest BCUT2D eigenvalue weighted by Crippen LogP contribution is -2.48. The van der Waals surface area contributed by atoms with E-state index in [0.29, 0.717) is 28.7 Å². The molecule has 63 heavy (non-hydrogen) atoms. The quantitative estimate of drug-likeness (QED) is 0.111. The van der Waals surface area contributed by atoms with Crippen molar-refractivity contribution in [1.82, 2.24) is 43.8 Å². The molecule has 22 heteroatoms. The fourth-order valence-electron chi connectivity index (χ4n) is 7.27. The summed E-state index contributed by atoms with van der Waals surface area (Å²) in [5.74, 6) is -0.503. The van der Waals surface area contributed by atoms with Crippen LogP contribution >= 0.6 is 0 Å². The first kappa shape index (κ1) is 44.0. The molecule has 4 aromatic heterocycles. The first-order valence-electron chi connectivity index (χ1n) is 20.4. The minimum Gasteiger partial charge on any atom is -0.411 e. The van der Waals surface area contributed by atoms with Crippen LogP contribution in [0.2, 0.25) is 18.1 Å². The van der Waals surface area contributed by atoms with Crippen LogP contribution in [-0.4, -0.2) is 105 Å². The number of fused-ring (bicyclic) bond motifs is 2. The van der Waals surface area contributed by atoms with Gasteiger partial charge in [-0.2, -0.15) is 13.1 Å². The molecule has 0 spiro atoms. The van der Waals surface area contributed by atoms with Crippen molar-refractivity contribution < 1.29 is 40.5 Å². The monoisotopic (exact) mass is 901 g/mol. The molecule has 2 saturated heterocycles. The Morgan fingerprint density at radius 2 is 1.35 bits per heavy atom. The third-order valence-corrected chi connectivity index (χ3v) is 17.1. The van der Waals surface area contributed by atoms with E-state index in [-0.39, 0.29) is 46.7 Å². The van der Waals surface area contributed by atoms with Gasteiger partial charge in [0.25, 0.3) is 11.8 Å². The number of halogens is 1. The molecule has 2 amide bonds. The SMILES string of the molecule is CC[C@H]1O[C@@H](n2cnc3c(NC(=O)c4ccccc4)ncnc32)[C@H](OS(=O)(=O)NC[C@H]2O[C@@H](n3cnc4c(NC(=O)c5ccccc5)ncnc43)C[C@@H]2O[Si](C)(C)C(C)(C)C)[C@@H]1F. The van der Waals surface area contributed by atoms with Crippen molar-refractivity contribution >= 4 is 64.4 Å². The fraction of sp³-hybridized carbons (Fsp3) is 0.415. The molecule has 6 heterocycles. The van der Waals surface area contributed by atoms with Gasteiger partial charge in [-0.1, -0.05) is 64.1 Å². The summed E-state index contributed by atoms with van der Waals surface area (Å²) in [6.07, 6.45) is -2.14. The Morgan fingerprint density at radius 3 is 1.89 bits per heavy atom. The lowest BCUT2D eigenvalue weighted by Gasteiger charge is -2.39. The number of alkyl halides is 1. The van der Waals surface area contributed by atoms with E-state index in [4.69, 9.17) is 18.1 Å². The summed E-state index contributed by atoms with van der Waals surface area (Å²) >= 11 is 0. The summed E-state index contributed by atoms with van der Waals surface area (Å²) in [4.78, 5) is 52.0. The van der Waals surface area contributed by atoms with E-state index < -0.39 is 67.6 Å². The van der Waals surface area contributed by atoms with Crippen molar-refractivity contribution in [3.05, 3.63) is 97.1 Å². The topological polar surface area (TPSA) is 228 Å². The molecule has 6 aromatic rings. The molecular weight excluding hydrogens is 854 g/mol. The van der Waals surface area contributed by atoms with Crippen LogP contribution < -0.4 is 15.4 Å². The van der Waals surface area contributed by atoms with E-state index in [0.717, 1.165) is 0 Å². The molecule has 2 aliphatic rings. The first-order valence-corrected chi connectivity index (χ1v) is 24.7. The van der Waals surface area contributed by atoms with Crippen molar-refractivity contribution in [2.24, 2.45) is 0 Å². The van der Waals surface area contributed by atoms with Crippen LogP contribution in [0.4, 0.5) is 16.0 Å². The molecule has 332 valence electrons. The molecule has 2 aliphatic heterocycles. The number of carbonyl (C=O) groups excluding carboxylic acids is 2. The van der Waals surface area contributed by atoms with E-state index in [1.807, 2.05) is 6.07 Å². The van der Waals surface area contributed by atoms with Gasteiger partial charge in [0.2, 0.25) is 0 Å². The number of ether oxygens (including phenoxy) is 2. The molecule has 0 unspecified atom stereocenters. The van der Waals surface area contributed by atoms with E-state index in [1.54, 1.807) is 66.1 Å². The molecule has 2 fully saturated rings. The van der Waals surface area contributed by atoms with Gasteiger partial charge in [-0.15, -0.1) is 0 Å². The van der Waals surface area contributed by atoms with Crippen molar-refractivity contribution in [3.63, 3.8) is 0 Å². The lowest BCUT2D eigenvalue weighted by molar-refractivity contribution is -0.0293. The number of imidazole rings is 2. The summed E-state index contributed by atoms with van der Waals surface area (Å²) < 4.78 is 74.4. The number of nitrogens with zero attached hydrogens (tertiary/aromatic N) is 8. The zero-order chi connectivity index (χ0) is 44.7. The molecule has 19 nitrogen and oxygen atoms in total. The highest BCUT2D eigenvalue weighted by Crippen LogP contribution is 2.42. The summed E-state index contributed by atoms with van der Waals surface area (Å²) in [5, 5.41) is 5.33. The molecule has 0 aliphatic carbocycles. The third-order valence-electron chi connectivity index (χ3n) is 11.6. The van der Waals surface area contributed by atoms with E-state index in [2.05, 4.69) is 79.1 Å². The van der Waals surface area contributed by atoms with E-state index in [1.165, 1.54) is 29.9 Å². The number of amides is 2. The van der Waals surface area contributed by atoms with Crippen LogP contribution in [0.25, 0.3) is 22.3 Å². The summed E-state index contributed by atoms with van der Waals surface area (Å²) in [6, 6.07) is 17.2. The molecule has 0 bridgehead atoms. The second-order valence-electron chi connectivity index (χ2n) is 16.8. The summed E-state index contributed by atoms with van der Waals surface area (Å²) in [6.45, 7) is 11.9. The third kappa shape index (κ3) is 9.10. The second kappa shape index (κ2) is 17.5. The van der Waals surface area contributed by atoms with E-state index >= 15 is 4.39 Å². The molecule has 8 rings (SSSR count). The first-order chi connectivity index (χ1) is 30.0. The number of aromatic nitrogens is 8. The molecule has 3 N–H and O–H groups in total. The Morgan fingerprint density at radius 1 is 0.810 bits per heavy atom. The number of rotatable bonds is 14. The Labute approximate surface area is 363 Å². The Kier molecular flexibility index (Phi) is 12.2. The van der Waals surface area contributed by atoms with Gasteiger partial charge >= 0.3 is 10.3 Å². The number of hydrogen-bond acceptors (Lipinski definition) is 14. The largest absolute Gasteiger partial charge is 0.411 e. The molecule has 2 aromatic carbocycles. The maximum absolute atomic E-state index is 16.1. The highest BCUT2D eigenvalue weighted by atomic mass is 32.2. The van der Waals surface area contributed by atoms with Gasteiger partial charge in [-0.3, -0.25) is 18.7 Å². The zero-order valence-electron chi connectivity index (χ0n) is 35.4. The van der Waals surface area contributed by atoms with Crippen LogP contribution in [0.1, 0.15) is 73.7 Å². The number of benzene rings is 2. The van der Waals surface area contributed by atoms with Crippen LogP contribution in [0.5, 0.6) is 0 Å². The number of nitrogens with one attached hydrogen (secondary N) is 3. The van der Waals surface area contributed by atoms with Crippen LogP contribution in [0, 0.1) is 0 Å². The van der Waals surface area contributed by atoms with Crippen LogP contribution in [0.3, 0.4) is 0 Å². The number of hydrogen-bond donors (Lipinski definition) is 3. The molecular formula is C41H48FN11O8SSi. The maximum Gasteiger partial charge on any atom is 0.336 e. The van der Waals surface area contributed by atoms with Crippen LogP contribution in [-0.2, 0) is 28.4 Å². The molecule has 0 radical (unpaired) electrons. The highest BCUT2D eigenvalue weighted by Gasteiger charge is 2.50. The van der Waals surface area contributed by atoms with Gasteiger partial charge in [-0.05, 0) is 48.8 Å². The number of carbonyl (C=O) groups is 2. The fourth-order valence-corrected chi connectivity index (χ4v) is 9.55. The molecule has 7 atom stereocenters. The van der Waals surface area contributed by atoms with Gasteiger partial charge in [0, 0.05) is 24.1 Å². The van der Waals surface area contributed by atoms with Gasteiger partial charge in [0.15, 0.2) is 60.8 Å². The van der Waals surface area contributed by atoms with E-state index in [9.17, 15) is 18.0 Å². The normalized spacial score (nSPS) is 23.1. The average molecular weight is 902 g/mol. The maximum atomic E-state index is 16.1. The molecule has 0 saturated carbocycles.